The summed E-state index contributed by atoms with van der Waals surface area (Å²) in [6.07, 6.45) is -4.39. The van der Waals surface area contributed by atoms with Gasteiger partial charge in [0.1, 0.15) is 0 Å². The third-order valence-corrected chi connectivity index (χ3v) is 3.64. The Morgan fingerprint density at radius 3 is 2.43 bits per heavy atom. The number of ether oxygens (including phenoxy) is 1. The van der Waals surface area contributed by atoms with E-state index in [1.165, 1.54) is 6.20 Å². The monoisotopic (exact) mass is 390 g/mol. The summed E-state index contributed by atoms with van der Waals surface area (Å²) in [5.74, 6) is -0.771. The van der Waals surface area contributed by atoms with E-state index < -0.39 is 23.7 Å². The summed E-state index contributed by atoms with van der Waals surface area (Å²) >= 11 is 0. The number of para-hydroxylation sites is 2. The molecule has 28 heavy (non-hydrogen) atoms. The van der Waals surface area contributed by atoms with Crippen molar-refractivity contribution < 1.29 is 27.5 Å². The number of carbonyl (C=O) groups is 2. The zero-order valence-electron chi connectivity index (χ0n) is 14.4. The highest BCUT2D eigenvalue weighted by molar-refractivity contribution is 6.05. The molecule has 0 radical (unpaired) electrons. The molecular weight excluding hydrogens is 377 g/mol. The molecular formula is C18H13F3N4O3. The van der Waals surface area contributed by atoms with Crippen LogP contribution in [0.5, 0.6) is 0 Å². The van der Waals surface area contributed by atoms with Crippen LogP contribution in [0.1, 0.15) is 15.9 Å². The standard InChI is InChI=1S/C18H13F3N4O3/c1-28-17(27)23-12-7-10(6-11(8-12)18(19,20)21)16(26)25-15-9-22-13-4-2-3-5-14(13)24-15/h2-9H,1H3,(H,23,27)(H,24,25,26). The molecule has 7 nitrogen and oxygen atoms in total. The number of fused-ring (bicyclic) bond motifs is 1. The highest BCUT2D eigenvalue weighted by atomic mass is 19.4. The molecule has 3 aromatic rings. The Morgan fingerprint density at radius 2 is 1.75 bits per heavy atom. The average molecular weight is 390 g/mol. The predicted octanol–water partition coefficient (Wildman–Crippen LogP) is 4.08. The molecule has 0 aliphatic rings. The molecule has 10 heteroatoms. The van der Waals surface area contributed by atoms with Crippen molar-refractivity contribution in [2.45, 2.75) is 6.18 Å². The van der Waals surface area contributed by atoms with E-state index in [2.05, 4.69) is 25.3 Å². The number of benzene rings is 2. The van der Waals surface area contributed by atoms with Gasteiger partial charge in [0.15, 0.2) is 5.82 Å². The first kappa shape index (κ1) is 19.1. The van der Waals surface area contributed by atoms with E-state index in [1.807, 2.05) is 0 Å². The smallest absolute Gasteiger partial charge is 0.416 e. The zero-order valence-corrected chi connectivity index (χ0v) is 14.4. The van der Waals surface area contributed by atoms with E-state index in [0.29, 0.717) is 23.2 Å². The van der Waals surface area contributed by atoms with E-state index in [9.17, 15) is 22.8 Å². The fourth-order valence-corrected chi connectivity index (χ4v) is 2.37. The molecule has 1 heterocycles. The fourth-order valence-electron chi connectivity index (χ4n) is 2.37. The number of alkyl halides is 3. The highest BCUT2D eigenvalue weighted by Crippen LogP contribution is 2.32. The Hall–Kier alpha value is -3.69. The number of aromatic nitrogens is 2. The van der Waals surface area contributed by atoms with Crippen LogP contribution in [0.3, 0.4) is 0 Å². The van der Waals surface area contributed by atoms with Crippen molar-refractivity contribution in [3.63, 3.8) is 0 Å². The van der Waals surface area contributed by atoms with Gasteiger partial charge in [-0.1, -0.05) is 12.1 Å². The lowest BCUT2D eigenvalue weighted by atomic mass is 10.1. The number of carbonyl (C=O) groups excluding carboxylic acids is 2. The number of nitrogens with one attached hydrogen (secondary N) is 2. The number of anilines is 2. The number of halogens is 3. The Bertz CT molecular complexity index is 1050. The minimum atomic E-state index is -4.72. The maximum absolute atomic E-state index is 13.1. The minimum Gasteiger partial charge on any atom is -0.453 e. The molecule has 2 N–H and O–H groups in total. The fraction of sp³-hybridized carbons (Fsp3) is 0.111. The van der Waals surface area contributed by atoms with Crippen LogP contribution in [0.4, 0.5) is 29.5 Å². The molecule has 0 fully saturated rings. The summed E-state index contributed by atoms with van der Waals surface area (Å²) in [5, 5.41) is 4.52. The molecule has 0 saturated carbocycles. The normalized spacial score (nSPS) is 11.1. The van der Waals surface area contributed by atoms with Crippen LogP contribution < -0.4 is 10.6 Å². The summed E-state index contributed by atoms with van der Waals surface area (Å²) < 4.78 is 43.8. The molecule has 0 atom stereocenters. The number of methoxy groups -OCH3 is 1. The van der Waals surface area contributed by atoms with Gasteiger partial charge >= 0.3 is 12.3 Å². The molecule has 144 valence electrons. The van der Waals surface area contributed by atoms with Crippen LogP contribution in [0.2, 0.25) is 0 Å². The first-order valence-corrected chi connectivity index (χ1v) is 7.86. The molecule has 1 aromatic heterocycles. The first-order chi connectivity index (χ1) is 13.3. The van der Waals surface area contributed by atoms with E-state index in [1.54, 1.807) is 24.3 Å². The molecule has 0 aliphatic carbocycles. The quantitative estimate of drug-likeness (QED) is 0.703. The van der Waals surface area contributed by atoms with Gasteiger partial charge in [0.05, 0.1) is 29.9 Å². The number of hydrogen-bond acceptors (Lipinski definition) is 5. The summed E-state index contributed by atoms with van der Waals surface area (Å²) in [4.78, 5) is 32.1. The maximum atomic E-state index is 13.1. The predicted molar refractivity (Wildman–Crippen MR) is 95.0 cm³/mol. The molecule has 0 spiro atoms. The van der Waals surface area contributed by atoms with Crippen LogP contribution in [0, 0.1) is 0 Å². The summed E-state index contributed by atoms with van der Waals surface area (Å²) in [7, 11) is 1.06. The second kappa shape index (κ2) is 7.51. The van der Waals surface area contributed by atoms with Crippen molar-refractivity contribution in [2.75, 3.05) is 17.7 Å². The Balaban J connectivity index is 1.92. The lowest BCUT2D eigenvalue weighted by Gasteiger charge is -2.13. The third-order valence-electron chi connectivity index (χ3n) is 3.64. The number of hydrogen-bond donors (Lipinski definition) is 2. The van der Waals surface area contributed by atoms with Crippen molar-refractivity contribution in [2.24, 2.45) is 0 Å². The lowest BCUT2D eigenvalue weighted by Crippen LogP contribution is -2.17. The molecule has 3 rings (SSSR count). The van der Waals surface area contributed by atoms with Gasteiger partial charge in [-0.2, -0.15) is 13.2 Å². The van der Waals surface area contributed by atoms with E-state index >= 15 is 0 Å². The zero-order chi connectivity index (χ0) is 20.3. The first-order valence-electron chi connectivity index (χ1n) is 7.86. The van der Waals surface area contributed by atoms with Crippen molar-refractivity contribution >= 4 is 34.5 Å². The van der Waals surface area contributed by atoms with Crippen LogP contribution in [-0.2, 0) is 10.9 Å². The maximum Gasteiger partial charge on any atom is 0.416 e. The Kier molecular flexibility index (Phi) is 5.12. The second-order valence-electron chi connectivity index (χ2n) is 5.61. The molecule has 2 amide bonds. The Labute approximate surface area is 156 Å². The van der Waals surface area contributed by atoms with Gasteiger partial charge in [-0.05, 0) is 30.3 Å². The largest absolute Gasteiger partial charge is 0.453 e. The third kappa shape index (κ3) is 4.34. The van der Waals surface area contributed by atoms with Crippen LogP contribution in [0.25, 0.3) is 11.0 Å². The van der Waals surface area contributed by atoms with Crippen LogP contribution in [-0.4, -0.2) is 29.1 Å². The topological polar surface area (TPSA) is 93.2 Å². The van der Waals surface area contributed by atoms with Gasteiger partial charge in [-0.3, -0.25) is 15.1 Å². The van der Waals surface area contributed by atoms with Crippen LogP contribution >= 0.6 is 0 Å². The molecule has 0 bridgehead atoms. The average Bonchev–Trinajstić information content (AvgIpc) is 2.66. The second-order valence-corrected chi connectivity index (χ2v) is 5.61. The Morgan fingerprint density at radius 1 is 1.04 bits per heavy atom. The van der Waals surface area contributed by atoms with E-state index in [-0.39, 0.29) is 17.1 Å². The van der Waals surface area contributed by atoms with Crippen molar-refractivity contribution in [3.8, 4) is 0 Å². The van der Waals surface area contributed by atoms with Gasteiger partial charge in [-0.25, -0.2) is 9.78 Å². The number of nitrogens with zero attached hydrogens (tertiary/aromatic N) is 2. The van der Waals surface area contributed by atoms with E-state index in [4.69, 9.17) is 0 Å². The summed E-state index contributed by atoms with van der Waals surface area (Å²) in [6.45, 7) is 0. The molecule has 0 aliphatic heterocycles. The van der Waals surface area contributed by atoms with Gasteiger partial charge in [-0.15, -0.1) is 0 Å². The van der Waals surface area contributed by atoms with Crippen molar-refractivity contribution in [1.82, 2.24) is 9.97 Å². The number of amides is 2. The summed E-state index contributed by atoms with van der Waals surface area (Å²) in [6, 6.07) is 9.38. The highest BCUT2D eigenvalue weighted by Gasteiger charge is 2.32. The van der Waals surface area contributed by atoms with Crippen molar-refractivity contribution in [3.05, 3.63) is 59.8 Å². The van der Waals surface area contributed by atoms with E-state index in [0.717, 1.165) is 13.2 Å². The van der Waals surface area contributed by atoms with Gasteiger partial charge < -0.3 is 10.1 Å². The lowest BCUT2D eigenvalue weighted by molar-refractivity contribution is -0.137. The van der Waals surface area contributed by atoms with Gasteiger partial charge in [0.25, 0.3) is 5.91 Å². The SMILES string of the molecule is COC(=O)Nc1cc(C(=O)Nc2cnc3ccccc3n2)cc(C(F)(F)F)c1. The minimum absolute atomic E-state index is 0.0728. The molecule has 0 saturated heterocycles. The van der Waals surface area contributed by atoms with Crippen molar-refractivity contribution in [1.29, 1.82) is 0 Å². The summed E-state index contributed by atoms with van der Waals surface area (Å²) in [5.41, 5.74) is -0.551. The number of rotatable bonds is 3. The molecule has 0 unspecified atom stereocenters. The molecule has 2 aromatic carbocycles. The van der Waals surface area contributed by atoms with Gasteiger partial charge in [0, 0.05) is 11.3 Å². The van der Waals surface area contributed by atoms with Crippen LogP contribution in [0.15, 0.2) is 48.7 Å². The van der Waals surface area contributed by atoms with Gasteiger partial charge in [0.2, 0.25) is 0 Å².